The van der Waals surface area contributed by atoms with Gasteiger partial charge in [-0.2, -0.15) is 8.42 Å². The lowest BCUT2D eigenvalue weighted by atomic mass is 10.2. The van der Waals surface area contributed by atoms with Gasteiger partial charge < -0.3 is 0 Å². The summed E-state index contributed by atoms with van der Waals surface area (Å²) in [5, 5.41) is 0. The minimum Gasteiger partial charge on any atom is -0.290 e. The third-order valence-electron chi connectivity index (χ3n) is 1.54. The third-order valence-corrected chi connectivity index (χ3v) is 2.20. The number of carbonyl (C=O) groups is 1. The molecule has 0 atom stereocenters. The molecule has 1 rings (SSSR count). The topological polar surface area (TPSA) is 122 Å². The average Bonchev–Trinajstić information content (AvgIpc) is 2.14. The molecule has 0 aliphatic heterocycles. The number of aromatic nitrogens is 1. The van der Waals surface area contributed by atoms with Crippen molar-refractivity contribution in [2.45, 2.75) is 5.75 Å². The molecule has 1 amide bonds. The van der Waals surface area contributed by atoms with E-state index in [0.29, 0.717) is 0 Å². The van der Waals surface area contributed by atoms with Crippen molar-refractivity contribution >= 4 is 16.0 Å². The Bertz CT molecular complexity index is 471. The lowest BCUT2D eigenvalue weighted by Gasteiger charge is -2.01. The van der Waals surface area contributed by atoms with Crippen molar-refractivity contribution in [1.82, 2.24) is 10.4 Å². The first kappa shape index (κ1) is 11.6. The smallest absolute Gasteiger partial charge is 0.270 e. The summed E-state index contributed by atoms with van der Waals surface area (Å²) < 4.78 is 29.6. The summed E-state index contributed by atoms with van der Waals surface area (Å²) in [7, 11) is -4.15. The van der Waals surface area contributed by atoms with Crippen LogP contribution in [-0.2, 0) is 15.9 Å². The van der Waals surface area contributed by atoms with Gasteiger partial charge in [0, 0.05) is 11.8 Å². The Balaban J connectivity index is 2.98. The Labute approximate surface area is 86.0 Å². The Morgan fingerprint density at radius 1 is 1.60 bits per heavy atom. The molecule has 0 spiro atoms. The summed E-state index contributed by atoms with van der Waals surface area (Å²) in [6.07, 6.45) is 1.26. The summed E-state index contributed by atoms with van der Waals surface area (Å²) >= 11 is 0. The van der Waals surface area contributed by atoms with Crippen LogP contribution in [0.3, 0.4) is 0 Å². The number of nitrogen functional groups attached to an aromatic ring is 1. The van der Waals surface area contributed by atoms with E-state index in [2.05, 4.69) is 4.98 Å². The third kappa shape index (κ3) is 3.62. The quantitative estimate of drug-likeness (QED) is 0.267. The van der Waals surface area contributed by atoms with Gasteiger partial charge in [-0.25, -0.2) is 5.84 Å². The van der Waals surface area contributed by atoms with E-state index in [1.165, 1.54) is 18.3 Å². The fourth-order valence-electron chi connectivity index (χ4n) is 0.969. The van der Waals surface area contributed by atoms with Crippen LogP contribution < -0.4 is 11.3 Å². The van der Waals surface area contributed by atoms with Crippen LogP contribution in [0.5, 0.6) is 0 Å². The van der Waals surface area contributed by atoms with Crippen molar-refractivity contribution in [1.29, 1.82) is 0 Å². The van der Waals surface area contributed by atoms with Crippen LogP contribution in [0.15, 0.2) is 18.3 Å². The van der Waals surface area contributed by atoms with E-state index in [1.54, 1.807) is 0 Å². The second-order valence-corrected chi connectivity index (χ2v) is 4.19. The summed E-state index contributed by atoms with van der Waals surface area (Å²) in [4.78, 5) is 14.7. The molecule has 0 saturated heterocycles. The van der Waals surface area contributed by atoms with Crippen LogP contribution in [-0.4, -0.2) is 23.9 Å². The van der Waals surface area contributed by atoms with E-state index in [0.717, 1.165) is 0 Å². The van der Waals surface area contributed by atoms with Crippen LogP contribution in [0.4, 0.5) is 0 Å². The van der Waals surface area contributed by atoms with E-state index in [4.69, 9.17) is 10.4 Å². The van der Waals surface area contributed by atoms with Gasteiger partial charge in [-0.15, -0.1) is 0 Å². The number of carbonyl (C=O) groups excluding carboxylic acids is 1. The highest BCUT2D eigenvalue weighted by Crippen LogP contribution is 2.04. The summed E-state index contributed by atoms with van der Waals surface area (Å²) in [6.45, 7) is 0. The molecule has 82 valence electrons. The zero-order valence-electron chi connectivity index (χ0n) is 7.54. The molecule has 1 aromatic rings. The van der Waals surface area contributed by atoms with Crippen LogP contribution >= 0.6 is 0 Å². The second-order valence-electron chi connectivity index (χ2n) is 2.74. The number of nitrogens with one attached hydrogen (secondary N) is 1. The average molecular weight is 231 g/mol. The van der Waals surface area contributed by atoms with Crippen molar-refractivity contribution in [2.75, 3.05) is 0 Å². The summed E-state index contributed by atoms with van der Waals surface area (Å²) in [6, 6.07) is 2.60. The molecule has 0 aliphatic carbocycles. The zero-order valence-corrected chi connectivity index (χ0v) is 8.36. The summed E-state index contributed by atoms with van der Waals surface area (Å²) in [5.74, 6) is 3.69. The van der Waals surface area contributed by atoms with Gasteiger partial charge in [-0.05, 0) is 12.1 Å². The van der Waals surface area contributed by atoms with Gasteiger partial charge in [0.1, 0.15) is 5.75 Å². The van der Waals surface area contributed by atoms with Crippen molar-refractivity contribution in [3.63, 3.8) is 0 Å². The van der Waals surface area contributed by atoms with Gasteiger partial charge in [0.2, 0.25) is 0 Å². The van der Waals surface area contributed by atoms with Gasteiger partial charge in [0.25, 0.3) is 16.0 Å². The SMILES string of the molecule is NNC(=O)c1ccnc(CS(=O)(=O)O)c1. The van der Waals surface area contributed by atoms with E-state index in [1.807, 2.05) is 5.43 Å². The largest absolute Gasteiger partial charge is 0.290 e. The number of hydrazine groups is 1. The maximum atomic E-state index is 11.1. The highest BCUT2D eigenvalue weighted by molar-refractivity contribution is 7.85. The highest BCUT2D eigenvalue weighted by atomic mass is 32.2. The molecular formula is C7H9N3O4S. The molecule has 8 heteroatoms. The lowest BCUT2D eigenvalue weighted by molar-refractivity contribution is 0.0953. The first-order valence-corrected chi connectivity index (χ1v) is 5.44. The molecule has 0 aromatic carbocycles. The molecule has 0 unspecified atom stereocenters. The van der Waals surface area contributed by atoms with Crippen molar-refractivity contribution in [3.05, 3.63) is 29.6 Å². The normalized spacial score (nSPS) is 11.1. The van der Waals surface area contributed by atoms with Crippen LogP contribution in [0.1, 0.15) is 16.1 Å². The number of amides is 1. The molecule has 0 radical (unpaired) electrons. The van der Waals surface area contributed by atoms with Gasteiger partial charge >= 0.3 is 0 Å². The Hall–Kier alpha value is -1.51. The number of hydrogen-bond donors (Lipinski definition) is 3. The minimum atomic E-state index is -4.15. The van der Waals surface area contributed by atoms with E-state index >= 15 is 0 Å². The van der Waals surface area contributed by atoms with E-state index in [9.17, 15) is 13.2 Å². The van der Waals surface area contributed by atoms with Crippen molar-refractivity contribution in [3.8, 4) is 0 Å². The molecule has 15 heavy (non-hydrogen) atoms. The number of hydrogen-bond acceptors (Lipinski definition) is 5. The van der Waals surface area contributed by atoms with Gasteiger partial charge in [0.15, 0.2) is 0 Å². The Morgan fingerprint density at radius 2 is 2.27 bits per heavy atom. The molecule has 1 heterocycles. The molecule has 7 nitrogen and oxygen atoms in total. The van der Waals surface area contributed by atoms with Gasteiger partial charge in [-0.3, -0.25) is 19.8 Å². The maximum Gasteiger partial charge on any atom is 0.270 e. The molecule has 0 fully saturated rings. The first-order chi connectivity index (χ1) is 6.92. The first-order valence-electron chi connectivity index (χ1n) is 3.83. The maximum absolute atomic E-state index is 11.1. The van der Waals surface area contributed by atoms with Gasteiger partial charge in [0.05, 0.1) is 5.69 Å². The molecule has 0 bridgehead atoms. The number of nitrogens with zero attached hydrogens (tertiary/aromatic N) is 1. The molecule has 4 N–H and O–H groups in total. The monoisotopic (exact) mass is 231 g/mol. The predicted molar refractivity (Wildman–Crippen MR) is 51.1 cm³/mol. The van der Waals surface area contributed by atoms with E-state index < -0.39 is 21.8 Å². The lowest BCUT2D eigenvalue weighted by Crippen LogP contribution is -2.30. The molecule has 1 aromatic heterocycles. The minimum absolute atomic E-state index is 0.0681. The molecule has 0 aliphatic rings. The number of nitrogens with two attached hydrogens (primary N) is 1. The van der Waals surface area contributed by atoms with Crippen LogP contribution in [0.25, 0.3) is 0 Å². The van der Waals surface area contributed by atoms with Crippen molar-refractivity contribution < 1.29 is 17.8 Å². The van der Waals surface area contributed by atoms with Crippen LogP contribution in [0.2, 0.25) is 0 Å². The number of rotatable bonds is 3. The molecule has 0 saturated carbocycles. The Kier molecular flexibility index (Phi) is 3.35. The summed E-state index contributed by atoms with van der Waals surface area (Å²) in [5.41, 5.74) is 2.13. The fraction of sp³-hybridized carbons (Fsp3) is 0.143. The highest BCUT2D eigenvalue weighted by Gasteiger charge is 2.10. The standard InChI is InChI=1S/C7H9N3O4S/c8-10-7(11)5-1-2-9-6(3-5)4-15(12,13)14/h1-3H,4,8H2,(H,10,11)(H,12,13,14). The van der Waals surface area contributed by atoms with E-state index in [-0.39, 0.29) is 11.3 Å². The number of pyridine rings is 1. The Morgan fingerprint density at radius 3 is 2.80 bits per heavy atom. The second kappa shape index (κ2) is 4.34. The fourth-order valence-corrected chi connectivity index (χ4v) is 1.50. The van der Waals surface area contributed by atoms with Gasteiger partial charge in [-0.1, -0.05) is 0 Å². The van der Waals surface area contributed by atoms with Crippen LogP contribution in [0, 0.1) is 0 Å². The van der Waals surface area contributed by atoms with Crippen molar-refractivity contribution in [2.24, 2.45) is 5.84 Å². The molecular weight excluding hydrogens is 222 g/mol. The zero-order chi connectivity index (χ0) is 11.5. The predicted octanol–water partition coefficient (Wildman–Crippen LogP) is -0.927.